The Labute approximate surface area is 58.5 Å². The van der Waals surface area contributed by atoms with E-state index in [1.54, 1.807) is 7.11 Å². The first kappa shape index (κ1) is 6.71. The molecule has 0 saturated heterocycles. The number of thiazole rings is 1. The Bertz CT molecular complexity index is 162. The number of methoxy groups -OCH3 is 1. The highest BCUT2D eigenvalue weighted by Gasteiger charge is 2.03. The SMILES string of the molecule is COC(C)c1cs[c]n1. The van der Waals surface area contributed by atoms with E-state index in [0.29, 0.717) is 0 Å². The molecule has 49 valence electrons. The van der Waals surface area contributed by atoms with Crippen molar-refractivity contribution in [3.8, 4) is 0 Å². The van der Waals surface area contributed by atoms with E-state index in [9.17, 15) is 0 Å². The van der Waals surface area contributed by atoms with Gasteiger partial charge in [-0.15, -0.1) is 11.3 Å². The van der Waals surface area contributed by atoms with E-state index in [4.69, 9.17) is 4.74 Å². The van der Waals surface area contributed by atoms with Crippen LogP contribution in [0.15, 0.2) is 5.38 Å². The lowest BCUT2D eigenvalue weighted by molar-refractivity contribution is 0.116. The van der Waals surface area contributed by atoms with Crippen molar-refractivity contribution in [2.75, 3.05) is 7.11 Å². The van der Waals surface area contributed by atoms with Crippen molar-refractivity contribution in [1.82, 2.24) is 4.98 Å². The van der Waals surface area contributed by atoms with E-state index in [1.165, 1.54) is 11.3 Å². The smallest absolute Gasteiger partial charge is 0.152 e. The predicted octanol–water partition coefficient (Wildman–Crippen LogP) is 1.65. The molecule has 1 unspecified atom stereocenters. The van der Waals surface area contributed by atoms with Crippen LogP contribution in [0.25, 0.3) is 0 Å². The molecule has 1 rings (SSSR count). The van der Waals surface area contributed by atoms with Gasteiger partial charge in [-0.2, -0.15) is 0 Å². The zero-order valence-corrected chi connectivity index (χ0v) is 6.23. The van der Waals surface area contributed by atoms with E-state index >= 15 is 0 Å². The number of hydrogen-bond donors (Lipinski definition) is 0. The summed E-state index contributed by atoms with van der Waals surface area (Å²) in [6, 6.07) is 0. The highest BCUT2D eigenvalue weighted by molar-refractivity contribution is 7.07. The highest BCUT2D eigenvalue weighted by Crippen LogP contribution is 2.13. The molecule has 1 atom stereocenters. The van der Waals surface area contributed by atoms with Crippen LogP contribution in [0.3, 0.4) is 0 Å². The van der Waals surface area contributed by atoms with Gasteiger partial charge in [-0.3, -0.25) is 0 Å². The van der Waals surface area contributed by atoms with Crippen molar-refractivity contribution in [3.63, 3.8) is 0 Å². The number of aromatic nitrogens is 1. The molecule has 0 spiro atoms. The third kappa shape index (κ3) is 1.50. The van der Waals surface area contributed by atoms with Gasteiger partial charge in [-0.25, -0.2) is 4.98 Å². The lowest BCUT2D eigenvalue weighted by atomic mass is 10.3. The van der Waals surface area contributed by atoms with Crippen molar-refractivity contribution in [2.45, 2.75) is 13.0 Å². The Balaban J connectivity index is 2.65. The standard InChI is InChI=1S/C6H8NOS/c1-5(8-2)6-3-9-4-7-6/h3,5H,1-2H3. The molecular formula is C6H8NOS. The van der Waals surface area contributed by atoms with Crippen LogP contribution in [0.4, 0.5) is 0 Å². The third-order valence-corrected chi connectivity index (χ3v) is 1.73. The average Bonchev–Trinajstić information content (AvgIpc) is 2.37. The zero-order chi connectivity index (χ0) is 6.69. The van der Waals surface area contributed by atoms with Gasteiger partial charge >= 0.3 is 0 Å². The van der Waals surface area contributed by atoms with Gasteiger partial charge in [0, 0.05) is 12.5 Å². The first-order valence-electron chi connectivity index (χ1n) is 2.69. The fourth-order valence-corrected chi connectivity index (χ4v) is 1.08. The largest absolute Gasteiger partial charge is 0.375 e. The van der Waals surface area contributed by atoms with E-state index in [2.05, 4.69) is 10.5 Å². The first-order valence-corrected chi connectivity index (χ1v) is 3.57. The van der Waals surface area contributed by atoms with Crippen LogP contribution < -0.4 is 0 Å². The summed E-state index contributed by atoms with van der Waals surface area (Å²) in [5, 5.41) is 1.94. The van der Waals surface area contributed by atoms with Crippen molar-refractivity contribution < 1.29 is 4.74 Å². The fourth-order valence-electron chi connectivity index (χ4n) is 0.500. The van der Waals surface area contributed by atoms with Crippen LogP contribution in [0, 0.1) is 5.51 Å². The minimum absolute atomic E-state index is 0.104. The van der Waals surface area contributed by atoms with Crippen LogP contribution in [0.5, 0.6) is 0 Å². The zero-order valence-electron chi connectivity index (χ0n) is 5.42. The summed E-state index contributed by atoms with van der Waals surface area (Å²) in [6.45, 7) is 1.96. The summed E-state index contributed by atoms with van der Waals surface area (Å²) in [7, 11) is 1.67. The number of hydrogen-bond acceptors (Lipinski definition) is 3. The first-order chi connectivity index (χ1) is 4.34. The fraction of sp³-hybridized carbons (Fsp3) is 0.500. The molecule has 0 aromatic carbocycles. The molecule has 1 aromatic rings. The Kier molecular flexibility index (Phi) is 2.19. The Morgan fingerprint density at radius 2 is 2.67 bits per heavy atom. The second-order valence-corrected chi connectivity index (χ2v) is 2.40. The van der Waals surface area contributed by atoms with Gasteiger partial charge in [0.1, 0.15) is 0 Å². The van der Waals surface area contributed by atoms with Crippen LogP contribution in [-0.2, 0) is 4.74 Å². The number of rotatable bonds is 2. The van der Waals surface area contributed by atoms with Crippen LogP contribution in [0.2, 0.25) is 0 Å². The monoisotopic (exact) mass is 142 g/mol. The van der Waals surface area contributed by atoms with E-state index in [0.717, 1.165) is 5.69 Å². The summed E-state index contributed by atoms with van der Waals surface area (Å²) >= 11 is 1.47. The molecule has 0 bridgehead atoms. The minimum Gasteiger partial charge on any atom is -0.375 e. The lowest BCUT2D eigenvalue weighted by Crippen LogP contribution is -1.94. The van der Waals surface area contributed by atoms with Gasteiger partial charge in [-0.1, -0.05) is 0 Å². The molecule has 0 saturated carbocycles. The molecule has 1 aromatic heterocycles. The normalized spacial score (nSPS) is 13.6. The number of nitrogens with zero attached hydrogens (tertiary/aromatic N) is 1. The minimum atomic E-state index is 0.104. The molecule has 2 nitrogen and oxygen atoms in total. The van der Waals surface area contributed by atoms with E-state index < -0.39 is 0 Å². The Morgan fingerprint density at radius 3 is 3.11 bits per heavy atom. The van der Waals surface area contributed by atoms with Crippen molar-refractivity contribution in [1.29, 1.82) is 0 Å². The molecule has 3 heteroatoms. The van der Waals surface area contributed by atoms with Crippen molar-refractivity contribution >= 4 is 11.3 Å². The molecule has 9 heavy (non-hydrogen) atoms. The molecule has 1 radical (unpaired) electrons. The highest BCUT2D eigenvalue weighted by atomic mass is 32.1. The molecule has 0 N–H and O–H groups in total. The number of ether oxygens (including phenoxy) is 1. The Hall–Kier alpha value is -0.410. The predicted molar refractivity (Wildman–Crippen MR) is 36.4 cm³/mol. The second-order valence-electron chi connectivity index (χ2n) is 1.74. The molecule has 0 aliphatic heterocycles. The van der Waals surface area contributed by atoms with E-state index in [-0.39, 0.29) is 6.10 Å². The van der Waals surface area contributed by atoms with Gasteiger partial charge < -0.3 is 4.74 Å². The third-order valence-electron chi connectivity index (χ3n) is 1.18. The molecule has 0 amide bonds. The summed E-state index contributed by atoms with van der Waals surface area (Å²) < 4.78 is 5.02. The lowest BCUT2D eigenvalue weighted by Gasteiger charge is -2.02. The van der Waals surface area contributed by atoms with Crippen LogP contribution in [-0.4, -0.2) is 12.1 Å². The van der Waals surface area contributed by atoms with Gasteiger partial charge in [0.25, 0.3) is 0 Å². The van der Waals surface area contributed by atoms with Crippen molar-refractivity contribution in [2.24, 2.45) is 0 Å². The summed E-state index contributed by atoms with van der Waals surface area (Å²) in [5.74, 6) is 0. The molecule has 0 aliphatic carbocycles. The molecule has 1 heterocycles. The van der Waals surface area contributed by atoms with Crippen LogP contribution >= 0.6 is 11.3 Å². The van der Waals surface area contributed by atoms with Gasteiger partial charge in [0.05, 0.1) is 11.8 Å². The topological polar surface area (TPSA) is 22.1 Å². The van der Waals surface area contributed by atoms with Crippen LogP contribution in [0.1, 0.15) is 18.7 Å². The van der Waals surface area contributed by atoms with E-state index in [1.807, 2.05) is 12.3 Å². The maximum absolute atomic E-state index is 5.02. The van der Waals surface area contributed by atoms with Gasteiger partial charge in [0.2, 0.25) is 0 Å². The summed E-state index contributed by atoms with van der Waals surface area (Å²) in [6.07, 6.45) is 0.104. The summed E-state index contributed by atoms with van der Waals surface area (Å²) in [4.78, 5) is 3.96. The average molecular weight is 142 g/mol. The molecule has 0 aliphatic rings. The molecular weight excluding hydrogens is 134 g/mol. The van der Waals surface area contributed by atoms with Gasteiger partial charge in [-0.05, 0) is 6.92 Å². The van der Waals surface area contributed by atoms with Crippen molar-refractivity contribution in [3.05, 3.63) is 16.6 Å². The molecule has 0 fully saturated rings. The summed E-state index contributed by atoms with van der Waals surface area (Å²) in [5.41, 5.74) is 3.72. The maximum Gasteiger partial charge on any atom is 0.152 e. The van der Waals surface area contributed by atoms with Gasteiger partial charge in [0.15, 0.2) is 5.51 Å². The quantitative estimate of drug-likeness (QED) is 0.626. The Morgan fingerprint density at radius 1 is 1.89 bits per heavy atom. The maximum atomic E-state index is 5.02. The second kappa shape index (κ2) is 2.94.